The standard InChI is InChI=1S/C9H7Cl2NO3S/c10-6-1-2-9-7(5-6)8(12-15-9)3-4-16(11,13)14/h1-2,5H,3-4H2. The SMILES string of the molecule is O=S(=O)(Cl)CCc1noc2ccc(Cl)cc12. The van der Waals surface area contributed by atoms with Gasteiger partial charge in [0.1, 0.15) is 0 Å². The molecule has 4 nitrogen and oxygen atoms in total. The molecule has 86 valence electrons. The maximum atomic E-state index is 10.8. The van der Waals surface area contributed by atoms with Crippen LogP contribution in [0.3, 0.4) is 0 Å². The highest BCUT2D eigenvalue weighted by Gasteiger charge is 2.12. The average Bonchev–Trinajstić information content (AvgIpc) is 2.56. The van der Waals surface area contributed by atoms with E-state index in [1.54, 1.807) is 18.2 Å². The lowest BCUT2D eigenvalue weighted by Gasteiger charge is -1.94. The number of hydrogen-bond acceptors (Lipinski definition) is 4. The van der Waals surface area contributed by atoms with Crippen LogP contribution in [0.5, 0.6) is 0 Å². The first-order valence-corrected chi connectivity index (χ1v) is 7.27. The Morgan fingerprint density at radius 3 is 2.81 bits per heavy atom. The van der Waals surface area contributed by atoms with Crippen molar-refractivity contribution in [2.75, 3.05) is 5.75 Å². The van der Waals surface area contributed by atoms with Gasteiger partial charge in [0.15, 0.2) is 5.58 Å². The summed E-state index contributed by atoms with van der Waals surface area (Å²) in [5.41, 5.74) is 1.12. The lowest BCUT2D eigenvalue weighted by Crippen LogP contribution is -2.01. The lowest BCUT2D eigenvalue weighted by atomic mass is 10.2. The van der Waals surface area contributed by atoms with E-state index in [4.69, 9.17) is 26.8 Å². The van der Waals surface area contributed by atoms with Gasteiger partial charge in [-0.25, -0.2) is 8.42 Å². The monoisotopic (exact) mass is 279 g/mol. The second kappa shape index (κ2) is 4.24. The third-order valence-electron chi connectivity index (χ3n) is 2.09. The molecule has 2 aromatic rings. The number of aryl methyl sites for hydroxylation is 1. The summed E-state index contributed by atoms with van der Waals surface area (Å²) >= 11 is 5.82. The number of rotatable bonds is 3. The molecule has 0 unspecified atom stereocenters. The zero-order valence-electron chi connectivity index (χ0n) is 7.98. The Kier molecular flexibility index (Phi) is 3.10. The summed E-state index contributed by atoms with van der Waals surface area (Å²) in [6.07, 6.45) is 0.208. The molecule has 2 rings (SSSR count). The van der Waals surface area contributed by atoms with Crippen LogP contribution in [-0.2, 0) is 15.5 Å². The van der Waals surface area contributed by atoms with Gasteiger partial charge in [0, 0.05) is 27.5 Å². The third kappa shape index (κ3) is 2.66. The van der Waals surface area contributed by atoms with Crippen LogP contribution in [0.4, 0.5) is 0 Å². The number of fused-ring (bicyclic) bond motifs is 1. The Morgan fingerprint density at radius 1 is 1.38 bits per heavy atom. The average molecular weight is 280 g/mol. The summed E-state index contributed by atoms with van der Waals surface area (Å²) in [6.45, 7) is 0. The van der Waals surface area contributed by atoms with E-state index in [-0.39, 0.29) is 12.2 Å². The molecular weight excluding hydrogens is 273 g/mol. The molecule has 0 N–H and O–H groups in total. The summed E-state index contributed by atoms with van der Waals surface area (Å²) in [7, 11) is 1.60. The Balaban J connectivity index is 2.34. The van der Waals surface area contributed by atoms with E-state index >= 15 is 0 Å². The van der Waals surface area contributed by atoms with Crippen molar-refractivity contribution in [1.82, 2.24) is 5.16 Å². The highest BCUT2D eigenvalue weighted by Crippen LogP contribution is 2.23. The van der Waals surface area contributed by atoms with Crippen LogP contribution >= 0.6 is 22.3 Å². The molecule has 0 aliphatic rings. The number of hydrogen-bond donors (Lipinski definition) is 0. The van der Waals surface area contributed by atoms with E-state index in [0.717, 1.165) is 0 Å². The zero-order chi connectivity index (χ0) is 11.8. The first kappa shape index (κ1) is 11.7. The Labute approximate surface area is 102 Å². The largest absolute Gasteiger partial charge is 0.356 e. The molecule has 0 spiro atoms. The molecule has 1 aromatic carbocycles. The van der Waals surface area contributed by atoms with Crippen LogP contribution in [0.25, 0.3) is 11.0 Å². The predicted molar refractivity (Wildman–Crippen MR) is 62.4 cm³/mol. The van der Waals surface area contributed by atoms with Gasteiger partial charge in [-0.1, -0.05) is 16.8 Å². The highest BCUT2D eigenvalue weighted by atomic mass is 35.7. The van der Waals surface area contributed by atoms with Crippen molar-refractivity contribution in [2.45, 2.75) is 6.42 Å². The molecule has 0 aliphatic heterocycles. The van der Waals surface area contributed by atoms with Gasteiger partial charge in [-0.2, -0.15) is 0 Å². The van der Waals surface area contributed by atoms with Crippen LogP contribution in [0.2, 0.25) is 5.02 Å². The van der Waals surface area contributed by atoms with Gasteiger partial charge in [-0.3, -0.25) is 0 Å². The minimum atomic E-state index is -3.52. The first-order chi connectivity index (χ1) is 7.46. The van der Waals surface area contributed by atoms with Crippen molar-refractivity contribution >= 4 is 42.3 Å². The van der Waals surface area contributed by atoms with E-state index < -0.39 is 9.05 Å². The Bertz CT molecular complexity index is 621. The molecule has 0 bridgehead atoms. The topological polar surface area (TPSA) is 60.2 Å². The number of benzene rings is 1. The molecule has 0 saturated heterocycles. The van der Waals surface area contributed by atoms with E-state index in [2.05, 4.69) is 5.16 Å². The van der Waals surface area contributed by atoms with Gasteiger partial charge >= 0.3 is 0 Å². The van der Waals surface area contributed by atoms with E-state index in [0.29, 0.717) is 21.7 Å². The fraction of sp³-hybridized carbons (Fsp3) is 0.222. The molecule has 7 heteroatoms. The van der Waals surface area contributed by atoms with Gasteiger partial charge in [0.2, 0.25) is 9.05 Å². The van der Waals surface area contributed by atoms with Crippen molar-refractivity contribution in [1.29, 1.82) is 0 Å². The van der Waals surface area contributed by atoms with Crippen LogP contribution in [0.15, 0.2) is 22.7 Å². The second-order valence-corrected chi connectivity index (χ2v) is 6.60. The van der Waals surface area contributed by atoms with Gasteiger partial charge in [-0.05, 0) is 18.2 Å². The van der Waals surface area contributed by atoms with E-state index in [1.807, 2.05) is 0 Å². The van der Waals surface area contributed by atoms with Crippen molar-refractivity contribution in [3.05, 3.63) is 28.9 Å². The molecule has 16 heavy (non-hydrogen) atoms. The summed E-state index contributed by atoms with van der Waals surface area (Å²) in [5.74, 6) is -0.178. The molecule has 1 heterocycles. The number of aromatic nitrogens is 1. The zero-order valence-corrected chi connectivity index (χ0v) is 10.3. The smallest absolute Gasteiger partial charge is 0.232 e. The molecule has 1 aromatic heterocycles. The van der Waals surface area contributed by atoms with Crippen LogP contribution in [0.1, 0.15) is 5.69 Å². The molecule has 0 amide bonds. The van der Waals surface area contributed by atoms with Crippen LogP contribution < -0.4 is 0 Å². The maximum Gasteiger partial charge on any atom is 0.232 e. The maximum absolute atomic E-state index is 10.8. The molecule has 0 radical (unpaired) electrons. The second-order valence-electron chi connectivity index (χ2n) is 3.26. The molecule has 0 aliphatic carbocycles. The Morgan fingerprint density at radius 2 is 2.12 bits per heavy atom. The Hall–Kier alpha value is -0.780. The summed E-state index contributed by atoms with van der Waals surface area (Å²) in [4.78, 5) is 0. The number of halogens is 2. The highest BCUT2D eigenvalue weighted by molar-refractivity contribution is 8.13. The minimum absolute atomic E-state index is 0.178. The van der Waals surface area contributed by atoms with Crippen LogP contribution in [0, 0.1) is 0 Å². The van der Waals surface area contributed by atoms with Gasteiger partial charge in [0.25, 0.3) is 0 Å². The van der Waals surface area contributed by atoms with Crippen LogP contribution in [-0.4, -0.2) is 19.3 Å². The molecular formula is C9H7Cl2NO3S. The minimum Gasteiger partial charge on any atom is -0.356 e. The fourth-order valence-electron chi connectivity index (χ4n) is 1.36. The molecule has 0 fully saturated rings. The molecule has 0 saturated carbocycles. The van der Waals surface area contributed by atoms with Crippen molar-refractivity contribution < 1.29 is 12.9 Å². The van der Waals surface area contributed by atoms with Gasteiger partial charge in [-0.15, -0.1) is 0 Å². The third-order valence-corrected chi connectivity index (χ3v) is 3.48. The lowest BCUT2D eigenvalue weighted by molar-refractivity contribution is 0.447. The quantitative estimate of drug-likeness (QED) is 0.811. The van der Waals surface area contributed by atoms with Crippen molar-refractivity contribution in [3.8, 4) is 0 Å². The molecule has 0 atom stereocenters. The van der Waals surface area contributed by atoms with Gasteiger partial charge in [0.05, 0.1) is 11.4 Å². The normalized spacial score (nSPS) is 12.1. The van der Waals surface area contributed by atoms with Crippen molar-refractivity contribution in [2.24, 2.45) is 0 Å². The predicted octanol–water partition coefficient (Wildman–Crippen LogP) is 2.59. The summed E-state index contributed by atoms with van der Waals surface area (Å²) in [6, 6.07) is 5.05. The summed E-state index contributed by atoms with van der Waals surface area (Å²) in [5, 5.41) is 5.05. The van der Waals surface area contributed by atoms with E-state index in [1.165, 1.54) is 0 Å². The number of nitrogens with zero attached hydrogens (tertiary/aromatic N) is 1. The van der Waals surface area contributed by atoms with E-state index in [9.17, 15) is 8.42 Å². The fourth-order valence-corrected chi connectivity index (χ4v) is 2.20. The first-order valence-electron chi connectivity index (χ1n) is 4.42. The van der Waals surface area contributed by atoms with Crippen molar-refractivity contribution in [3.63, 3.8) is 0 Å². The van der Waals surface area contributed by atoms with Gasteiger partial charge < -0.3 is 4.52 Å². The summed E-state index contributed by atoms with van der Waals surface area (Å²) < 4.78 is 26.6.